The second-order valence-electron chi connectivity index (χ2n) is 19.1. The summed E-state index contributed by atoms with van der Waals surface area (Å²) in [6.07, 6.45) is 0. The van der Waals surface area contributed by atoms with Crippen molar-refractivity contribution in [2.75, 3.05) is 0 Å². The third-order valence-electron chi connectivity index (χ3n) is 15.1. The third-order valence-corrected chi connectivity index (χ3v) is 15.1. The molecule has 0 N–H and O–H groups in total. The van der Waals surface area contributed by atoms with Gasteiger partial charge in [0.2, 0.25) is 0 Å². The third kappa shape index (κ3) is 6.91. The minimum absolute atomic E-state index is 1.17. The summed E-state index contributed by atoms with van der Waals surface area (Å²) in [7, 11) is 0. The molecule has 14 aromatic rings. The van der Waals surface area contributed by atoms with Crippen LogP contribution >= 0.6 is 0 Å². The number of hydrogen-bond acceptors (Lipinski definition) is 0. The Morgan fingerprint density at radius 2 is 0.347 bits per heavy atom. The molecule has 0 heterocycles. The Morgan fingerprint density at radius 3 is 0.694 bits per heavy atom. The lowest BCUT2D eigenvalue weighted by atomic mass is 9.85. The van der Waals surface area contributed by atoms with Crippen LogP contribution in [0.4, 0.5) is 0 Å². The van der Waals surface area contributed by atoms with E-state index in [-0.39, 0.29) is 0 Å². The maximum Gasteiger partial charge on any atom is -0.00923 e. The number of benzene rings is 12. The Morgan fingerprint density at radius 1 is 0.111 bits per heavy atom. The Balaban J connectivity index is 1.04. The van der Waals surface area contributed by atoms with Crippen molar-refractivity contribution in [1.82, 2.24) is 0 Å². The first-order valence-corrected chi connectivity index (χ1v) is 25.0. The van der Waals surface area contributed by atoms with Crippen LogP contribution in [0.1, 0.15) is 0 Å². The summed E-state index contributed by atoms with van der Waals surface area (Å²) in [5.41, 5.74) is 11.9. The second kappa shape index (κ2) is 17.2. The molecule has 0 aliphatic carbocycles. The smallest absolute Gasteiger partial charge is 0.00923 e. The van der Waals surface area contributed by atoms with Crippen LogP contribution in [0.2, 0.25) is 0 Å². The summed E-state index contributed by atoms with van der Waals surface area (Å²) in [6, 6.07) is 104. The highest BCUT2D eigenvalue weighted by atomic mass is 14.2. The van der Waals surface area contributed by atoms with E-state index in [2.05, 4.69) is 279 Å². The monoisotopic (exact) mass is 910 g/mol. The van der Waals surface area contributed by atoms with Crippen LogP contribution in [0.15, 0.2) is 279 Å². The molecule has 72 heavy (non-hydrogen) atoms. The lowest BCUT2D eigenvalue weighted by Gasteiger charge is -2.19. The van der Waals surface area contributed by atoms with Crippen molar-refractivity contribution in [3.8, 4) is 55.6 Å². The zero-order valence-corrected chi connectivity index (χ0v) is 39.6. The molecule has 0 amide bonds. The van der Waals surface area contributed by atoms with Crippen molar-refractivity contribution in [2.45, 2.75) is 0 Å². The van der Waals surface area contributed by atoms with E-state index in [1.165, 1.54) is 142 Å². The summed E-state index contributed by atoms with van der Waals surface area (Å²) >= 11 is 0. The Labute approximate surface area is 418 Å². The van der Waals surface area contributed by atoms with Gasteiger partial charge < -0.3 is 0 Å². The van der Waals surface area contributed by atoms with Crippen LogP contribution in [0.3, 0.4) is 0 Å². The van der Waals surface area contributed by atoms with E-state index in [0.717, 1.165) is 0 Å². The fraction of sp³-hybridized carbons (Fsp3) is 0. The first-order chi connectivity index (χ1) is 35.7. The molecular formula is C72H46. The lowest BCUT2D eigenvalue weighted by molar-refractivity contribution is 1.54. The predicted octanol–water partition coefficient (Wildman–Crippen LogP) is 20.4. The van der Waals surface area contributed by atoms with Gasteiger partial charge in [0.25, 0.3) is 0 Å². The van der Waals surface area contributed by atoms with E-state index in [4.69, 9.17) is 0 Å². The number of rotatable bonds is 5. The van der Waals surface area contributed by atoms with E-state index in [1.54, 1.807) is 0 Å². The highest BCUT2D eigenvalue weighted by Gasteiger charge is 2.18. The van der Waals surface area contributed by atoms with Gasteiger partial charge >= 0.3 is 0 Å². The van der Waals surface area contributed by atoms with Crippen LogP contribution < -0.4 is 0 Å². The zero-order valence-electron chi connectivity index (χ0n) is 39.6. The maximum atomic E-state index is 2.50. The van der Waals surface area contributed by atoms with Gasteiger partial charge in [-0.15, -0.1) is 0 Å². The molecule has 14 aromatic carbocycles. The molecule has 14 rings (SSSR count). The van der Waals surface area contributed by atoms with Crippen molar-refractivity contribution in [3.63, 3.8) is 0 Å². The van der Waals surface area contributed by atoms with Crippen molar-refractivity contribution in [2.24, 2.45) is 0 Å². The van der Waals surface area contributed by atoms with Crippen LogP contribution in [0.5, 0.6) is 0 Å². The van der Waals surface area contributed by atoms with Gasteiger partial charge in [0.05, 0.1) is 0 Å². The van der Waals surface area contributed by atoms with E-state index in [1.807, 2.05) is 0 Å². The van der Waals surface area contributed by atoms with Crippen molar-refractivity contribution < 1.29 is 0 Å². The standard InChI is InChI=1S/C72H46/c1-4-21-47(22-5-1)64-43-66(49-25-8-3-9-26-49)67(44-65(64)48-23-6-2-7-24-48)52-28-20-27-50(41-52)51-39-40-63-57-33-14-17-36-60(57)71-45-69-58-34-15-12-31-55(58)53-29-10-11-30-54(53)56-32-13-16-35-59(56)70(69)46-72(71)62-38-19-18-37-61(62)68(63)42-51/h1-46H. The van der Waals surface area contributed by atoms with E-state index < -0.39 is 0 Å². The number of fused-ring (bicyclic) bond motifs is 16. The van der Waals surface area contributed by atoms with Gasteiger partial charge in [-0.05, 0) is 178 Å². The fourth-order valence-electron chi connectivity index (χ4n) is 11.7. The summed E-state index contributed by atoms with van der Waals surface area (Å²) in [5, 5.41) is 19.8. The lowest BCUT2D eigenvalue weighted by Crippen LogP contribution is -1.93. The van der Waals surface area contributed by atoms with Crippen LogP contribution in [-0.2, 0) is 0 Å². The molecule has 0 radical (unpaired) electrons. The van der Waals surface area contributed by atoms with E-state index in [9.17, 15) is 0 Å². The van der Waals surface area contributed by atoms with E-state index >= 15 is 0 Å². The fourth-order valence-corrected chi connectivity index (χ4v) is 11.7. The average molecular weight is 911 g/mol. The van der Waals surface area contributed by atoms with Gasteiger partial charge in [-0.25, -0.2) is 0 Å². The maximum absolute atomic E-state index is 2.50. The molecule has 0 nitrogen and oxygen atoms in total. The Hall–Kier alpha value is -9.36. The van der Waals surface area contributed by atoms with Crippen molar-refractivity contribution in [1.29, 1.82) is 0 Å². The van der Waals surface area contributed by atoms with Crippen molar-refractivity contribution >= 4 is 86.2 Å². The largest absolute Gasteiger partial charge is 0.0622 e. The molecule has 0 saturated carbocycles. The highest BCUT2D eigenvalue weighted by Crippen LogP contribution is 2.45. The molecule has 0 spiro atoms. The molecule has 0 fully saturated rings. The molecule has 334 valence electrons. The van der Waals surface area contributed by atoms with Crippen LogP contribution in [0.25, 0.3) is 142 Å². The Kier molecular flexibility index (Phi) is 9.96. The summed E-state index contributed by atoms with van der Waals surface area (Å²) in [5.74, 6) is 0. The number of hydrogen-bond donors (Lipinski definition) is 0. The van der Waals surface area contributed by atoms with Crippen LogP contribution in [-0.4, -0.2) is 0 Å². The normalized spacial score (nSPS) is 11.6. The molecule has 0 atom stereocenters. The summed E-state index contributed by atoms with van der Waals surface area (Å²) in [4.78, 5) is 0. The quantitative estimate of drug-likeness (QED) is 0.161. The zero-order chi connectivity index (χ0) is 47.5. The van der Waals surface area contributed by atoms with Gasteiger partial charge in [-0.2, -0.15) is 0 Å². The van der Waals surface area contributed by atoms with Gasteiger partial charge in [0, 0.05) is 0 Å². The average Bonchev–Trinajstić information content (AvgIpc) is 3.46. The van der Waals surface area contributed by atoms with Crippen molar-refractivity contribution in [3.05, 3.63) is 279 Å². The molecule has 0 unspecified atom stereocenters. The highest BCUT2D eigenvalue weighted by molar-refractivity contribution is 6.32. The Bertz CT molecular complexity index is 4530. The van der Waals surface area contributed by atoms with Gasteiger partial charge in [0.15, 0.2) is 0 Å². The molecule has 0 aliphatic rings. The first kappa shape index (κ1) is 41.6. The minimum Gasteiger partial charge on any atom is -0.0622 e. The van der Waals surface area contributed by atoms with Gasteiger partial charge in [-0.1, -0.05) is 243 Å². The SMILES string of the molecule is c1ccc(-c2cc(-c3ccccc3)c(-c3cccc(-c4ccc5c6ccccc6c6cc7c8ccccc8c8ccccc8c8ccccc8c7cc6c6ccccc6c5c4)c3)cc2-c2ccccc2)cc1. The van der Waals surface area contributed by atoms with Gasteiger partial charge in [-0.3, -0.25) is 0 Å². The molecule has 0 heteroatoms. The minimum atomic E-state index is 1.17. The predicted molar refractivity (Wildman–Crippen MR) is 311 cm³/mol. The second-order valence-corrected chi connectivity index (χ2v) is 19.1. The molecular weight excluding hydrogens is 865 g/mol. The van der Waals surface area contributed by atoms with Crippen LogP contribution in [0, 0.1) is 0 Å². The molecule has 0 aliphatic heterocycles. The molecule has 0 aromatic heterocycles. The van der Waals surface area contributed by atoms with Gasteiger partial charge in [0.1, 0.15) is 0 Å². The summed E-state index contributed by atoms with van der Waals surface area (Å²) in [6.45, 7) is 0. The summed E-state index contributed by atoms with van der Waals surface area (Å²) < 4.78 is 0. The first-order valence-electron chi connectivity index (χ1n) is 25.0. The molecule has 0 saturated heterocycles. The topological polar surface area (TPSA) is 0 Å². The molecule has 0 bridgehead atoms. The van der Waals surface area contributed by atoms with E-state index in [0.29, 0.717) is 0 Å².